The van der Waals surface area contributed by atoms with Crippen LogP contribution in [0.2, 0.25) is 0 Å². The number of halogens is 2. The van der Waals surface area contributed by atoms with Crippen molar-refractivity contribution < 1.29 is 14.7 Å². The lowest BCUT2D eigenvalue weighted by molar-refractivity contribution is -0.128. The summed E-state index contributed by atoms with van der Waals surface area (Å²) in [5, 5.41) is 11.1. The average Bonchev–Trinajstić information content (AvgIpc) is 1.99. The summed E-state index contributed by atoms with van der Waals surface area (Å²) in [6, 6.07) is -0.732. The van der Waals surface area contributed by atoms with Crippen LogP contribution in [-0.4, -0.2) is 39.6 Å². The van der Waals surface area contributed by atoms with Gasteiger partial charge < -0.3 is 5.11 Å². The number of carbonyl (C=O) groups is 2. The van der Waals surface area contributed by atoms with Crippen LogP contribution in [-0.2, 0) is 4.79 Å². The van der Waals surface area contributed by atoms with Gasteiger partial charge in [0.15, 0.2) is 6.23 Å². The Morgan fingerprint density at radius 3 is 2.58 bits per heavy atom. The van der Waals surface area contributed by atoms with Gasteiger partial charge in [-0.05, 0) is 0 Å². The lowest BCUT2D eigenvalue weighted by Crippen LogP contribution is -2.64. The average molecular weight is 213 g/mol. The molecule has 0 aromatic carbocycles. The number of rotatable bonds is 0. The monoisotopic (exact) mass is 212 g/mol. The van der Waals surface area contributed by atoms with Crippen LogP contribution in [0.25, 0.3) is 0 Å². The summed E-state index contributed by atoms with van der Waals surface area (Å²) < 4.78 is -2.00. The summed E-state index contributed by atoms with van der Waals surface area (Å²) in [4.78, 5) is 22.6. The number of aliphatic hydroxyl groups is 1. The van der Waals surface area contributed by atoms with E-state index in [2.05, 4.69) is 0 Å². The third kappa shape index (κ3) is 1.24. The molecule has 0 radical (unpaired) electrons. The van der Waals surface area contributed by atoms with Gasteiger partial charge in [0.1, 0.15) is 0 Å². The molecule has 2 N–H and O–H groups in total. The fourth-order valence-electron chi connectivity index (χ4n) is 0.740. The number of aliphatic hydroxyl groups excluding tert-OH is 1. The first-order chi connectivity index (χ1) is 5.37. The van der Waals surface area contributed by atoms with Gasteiger partial charge in [-0.25, -0.2) is 4.79 Å². The van der Waals surface area contributed by atoms with Crippen molar-refractivity contribution in [3.05, 3.63) is 0 Å². The smallest absolute Gasteiger partial charge is 0.326 e. The highest BCUT2D eigenvalue weighted by molar-refractivity contribution is 6.59. The molecular formula is C5H6Cl2N2O3. The second-order valence-corrected chi connectivity index (χ2v) is 3.75. The maximum atomic E-state index is 10.9. The molecule has 1 rings (SSSR count). The van der Waals surface area contributed by atoms with Crippen molar-refractivity contribution >= 4 is 35.1 Å². The summed E-state index contributed by atoms with van der Waals surface area (Å²) in [7, 11) is 1.27. The highest BCUT2D eigenvalue weighted by Gasteiger charge is 2.50. The van der Waals surface area contributed by atoms with E-state index in [4.69, 9.17) is 23.2 Å². The normalized spacial score (nSPS) is 28.7. The number of hydrogen-bond donors (Lipinski definition) is 2. The van der Waals surface area contributed by atoms with E-state index >= 15 is 0 Å². The zero-order valence-corrected chi connectivity index (χ0v) is 7.56. The van der Waals surface area contributed by atoms with Crippen molar-refractivity contribution in [2.75, 3.05) is 7.05 Å². The number of urea groups is 1. The van der Waals surface area contributed by atoms with Gasteiger partial charge in [0.2, 0.25) is 4.33 Å². The van der Waals surface area contributed by atoms with E-state index in [1.807, 2.05) is 5.32 Å². The van der Waals surface area contributed by atoms with E-state index in [-0.39, 0.29) is 0 Å². The minimum Gasteiger partial charge on any atom is -0.370 e. The summed E-state index contributed by atoms with van der Waals surface area (Å²) in [5.74, 6) is -0.915. The van der Waals surface area contributed by atoms with Gasteiger partial charge >= 0.3 is 6.03 Å². The Balaban J connectivity index is 2.95. The molecule has 7 heteroatoms. The molecule has 1 heterocycles. The fraction of sp³-hybridized carbons (Fsp3) is 0.600. The third-order valence-electron chi connectivity index (χ3n) is 1.53. The second kappa shape index (κ2) is 2.76. The number of imide groups is 1. The largest absolute Gasteiger partial charge is 0.370 e. The number of amides is 3. The molecular weight excluding hydrogens is 207 g/mol. The minimum absolute atomic E-state index is 0.732. The van der Waals surface area contributed by atoms with Crippen LogP contribution in [0.1, 0.15) is 0 Å². The maximum absolute atomic E-state index is 10.9. The molecule has 1 aliphatic heterocycles. The summed E-state index contributed by atoms with van der Waals surface area (Å²) in [5.41, 5.74) is 0. The summed E-state index contributed by atoms with van der Waals surface area (Å²) in [6.45, 7) is 0. The van der Waals surface area contributed by atoms with E-state index in [9.17, 15) is 14.7 Å². The first kappa shape index (κ1) is 9.57. The molecule has 1 atom stereocenters. The molecule has 12 heavy (non-hydrogen) atoms. The van der Waals surface area contributed by atoms with Crippen molar-refractivity contribution in [1.29, 1.82) is 0 Å². The van der Waals surface area contributed by atoms with Crippen molar-refractivity contribution in [2.45, 2.75) is 10.6 Å². The molecule has 0 bridgehead atoms. The standard InChI is InChI=1S/C5H6Cl2N2O3/c1-9-3(11)5(6,7)2(10)8-4(9)12/h3,11H,1H3,(H,8,10,12). The van der Waals surface area contributed by atoms with E-state index in [0.717, 1.165) is 4.90 Å². The highest BCUT2D eigenvalue weighted by atomic mass is 35.5. The van der Waals surface area contributed by atoms with E-state index in [1.165, 1.54) is 7.05 Å². The molecule has 0 aliphatic carbocycles. The van der Waals surface area contributed by atoms with Crippen LogP contribution in [0.5, 0.6) is 0 Å². The lowest BCUT2D eigenvalue weighted by Gasteiger charge is -2.36. The Morgan fingerprint density at radius 1 is 1.58 bits per heavy atom. The minimum atomic E-state index is -2.00. The first-order valence-electron chi connectivity index (χ1n) is 3.01. The van der Waals surface area contributed by atoms with E-state index in [0.29, 0.717) is 0 Å². The Kier molecular flexibility index (Phi) is 2.20. The Bertz CT molecular complexity index is 243. The van der Waals surface area contributed by atoms with Gasteiger partial charge in [-0.2, -0.15) is 0 Å². The molecule has 1 fully saturated rings. The number of carbonyl (C=O) groups excluding carboxylic acids is 2. The summed E-state index contributed by atoms with van der Waals surface area (Å²) >= 11 is 10.9. The van der Waals surface area contributed by atoms with Crippen molar-refractivity contribution in [3.8, 4) is 0 Å². The Hall–Kier alpha value is -0.520. The lowest BCUT2D eigenvalue weighted by atomic mass is 10.2. The van der Waals surface area contributed by atoms with E-state index < -0.39 is 22.5 Å². The van der Waals surface area contributed by atoms with Crippen LogP contribution in [0, 0.1) is 0 Å². The molecule has 0 aromatic heterocycles. The number of hydrogen-bond acceptors (Lipinski definition) is 3. The molecule has 5 nitrogen and oxygen atoms in total. The zero-order valence-electron chi connectivity index (χ0n) is 6.04. The van der Waals surface area contributed by atoms with Crippen molar-refractivity contribution in [1.82, 2.24) is 10.2 Å². The van der Waals surface area contributed by atoms with Gasteiger partial charge in [-0.3, -0.25) is 15.0 Å². The predicted octanol–water partition coefficient (Wildman–Crippen LogP) is -0.340. The first-order valence-corrected chi connectivity index (χ1v) is 3.77. The second-order valence-electron chi connectivity index (χ2n) is 2.37. The molecule has 1 unspecified atom stereocenters. The van der Waals surface area contributed by atoms with Crippen LogP contribution < -0.4 is 5.32 Å². The Labute approximate surface area is 78.2 Å². The quantitative estimate of drug-likeness (QED) is 0.541. The fourth-order valence-corrected chi connectivity index (χ4v) is 1.13. The highest BCUT2D eigenvalue weighted by Crippen LogP contribution is 2.29. The van der Waals surface area contributed by atoms with Crippen molar-refractivity contribution in [3.63, 3.8) is 0 Å². The van der Waals surface area contributed by atoms with Gasteiger partial charge in [0.05, 0.1) is 0 Å². The van der Waals surface area contributed by atoms with E-state index in [1.54, 1.807) is 0 Å². The van der Waals surface area contributed by atoms with Crippen LogP contribution in [0.4, 0.5) is 4.79 Å². The number of nitrogens with zero attached hydrogens (tertiary/aromatic N) is 1. The number of alkyl halides is 2. The van der Waals surface area contributed by atoms with Gasteiger partial charge in [0, 0.05) is 7.05 Å². The molecule has 3 amide bonds. The molecule has 0 spiro atoms. The Morgan fingerprint density at radius 2 is 2.08 bits per heavy atom. The molecule has 0 saturated carbocycles. The molecule has 1 saturated heterocycles. The van der Waals surface area contributed by atoms with Gasteiger partial charge in [0.25, 0.3) is 5.91 Å². The SMILES string of the molecule is CN1C(=O)NC(=O)C(Cl)(Cl)C1O. The van der Waals surface area contributed by atoms with Crippen LogP contribution in [0.15, 0.2) is 0 Å². The summed E-state index contributed by atoms with van der Waals surface area (Å²) in [6.07, 6.45) is -1.53. The maximum Gasteiger partial charge on any atom is 0.326 e. The van der Waals surface area contributed by atoms with Gasteiger partial charge in [-0.1, -0.05) is 23.2 Å². The molecule has 68 valence electrons. The third-order valence-corrected chi connectivity index (χ3v) is 2.27. The van der Waals surface area contributed by atoms with Gasteiger partial charge in [-0.15, -0.1) is 0 Å². The van der Waals surface area contributed by atoms with Crippen LogP contribution in [0.3, 0.4) is 0 Å². The predicted molar refractivity (Wildman–Crippen MR) is 41.7 cm³/mol. The van der Waals surface area contributed by atoms with Crippen molar-refractivity contribution in [2.24, 2.45) is 0 Å². The molecule has 0 aromatic rings. The zero-order chi connectivity index (χ0) is 9.52. The topological polar surface area (TPSA) is 69.6 Å². The van der Waals surface area contributed by atoms with Crippen LogP contribution >= 0.6 is 23.2 Å². The molecule has 1 aliphatic rings. The number of nitrogens with one attached hydrogen (secondary N) is 1.